The Morgan fingerprint density at radius 1 is 1.00 bits per heavy atom. The molecule has 0 spiro atoms. The van der Waals surface area contributed by atoms with Gasteiger partial charge in [-0.15, -0.1) is 0 Å². The van der Waals surface area contributed by atoms with Crippen LogP contribution < -0.4 is 5.32 Å². The Labute approximate surface area is 377 Å². The summed E-state index contributed by atoms with van der Waals surface area (Å²) in [4.78, 5) is 33.1. The Morgan fingerprint density at radius 2 is 1.64 bits per heavy atom. The van der Waals surface area contributed by atoms with E-state index in [1.54, 1.807) is 56.4 Å². The van der Waals surface area contributed by atoms with E-state index in [1.165, 1.54) is 6.92 Å². The van der Waals surface area contributed by atoms with Crippen molar-refractivity contribution in [3.8, 4) is 0 Å². The fraction of sp³-hybridized carbons (Fsp3) is 0.696. The molecule has 2 aromatic rings. The molecule has 15 heteroatoms. The number of aliphatic hydroxyl groups is 4. The summed E-state index contributed by atoms with van der Waals surface area (Å²) in [6, 6.07) is 12.3. The summed E-state index contributed by atoms with van der Waals surface area (Å²) in [5.41, 5.74) is 0.931. The SMILES string of the molecule is Cc1cccc(Nc2ccccc2C(=O)OCCN(C)[C@@H]2C[C@@H](C)O[C@@H](O[C@@H]3[C@@H](C)[C@H](O)[C@@H](C)C(=O)O[C@H](I)[C@@](C)(O)[C@H](O)[C@@H](C)N(C)C[C@H](C)C[C@@]3(C)O)[C@H]2N(C)C)c1C. The van der Waals surface area contributed by atoms with Crippen LogP contribution in [0.15, 0.2) is 42.5 Å². The van der Waals surface area contributed by atoms with Gasteiger partial charge in [-0.25, -0.2) is 4.79 Å². The average molecular weight is 969 g/mol. The number of nitrogens with zero attached hydrogens (tertiary/aromatic N) is 3. The van der Waals surface area contributed by atoms with E-state index in [-0.39, 0.29) is 37.1 Å². The van der Waals surface area contributed by atoms with Crippen molar-refractivity contribution in [2.45, 2.75) is 139 Å². The normalized spacial score (nSPS) is 36.2. The highest BCUT2D eigenvalue weighted by molar-refractivity contribution is 14.1. The number of esters is 2. The second kappa shape index (κ2) is 21.5. The molecule has 0 aliphatic carbocycles. The quantitative estimate of drug-likeness (QED) is 0.121. The number of ether oxygens (including phenoxy) is 4. The number of nitrogens with one attached hydrogen (secondary N) is 1. The molecule has 2 fully saturated rings. The molecule has 0 unspecified atom stereocenters. The van der Waals surface area contributed by atoms with E-state index >= 15 is 0 Å². The summed E-state index contributed by atoms with van der Waals surface area (Å²) in [5.74, 6) is -3.19. The molecule has 0 amide bonds. The van der Waals surface area contributed by atoms with Crippen molar-refractivity contribution in [1.29, 1.82) is 0 Å². The predicted molar refractivity (Wildman–Crippen MR) is 245 cm³/mol. The van der Waals surface area contributed by atoms with Gasteiger partial charge in [0.2, 0.25) is 0 Å². The van der Waals surface area contributed by atoms with Crippen LogP contribution in [0.3, 0.4) is 0 Å². The van der Waals surface area contributed by atoms with E-state index in [9.17, 15) is 30.0 Å². The second-order valence-corrected chi connectivity index (χ2v) is 19.7. The first-order valence-electron chi connectivity index (χ1n) is 21.5. The van der Waals surface area contributed by atoms with Gasteiger partial charge in [-0.2, -0.15) is 0 Å². The van der Waals surface area contributed by atoms with Crippen LogP contribution in [-0.4, -0.2) is 159 Å². The minimum atomic E-state index is -1.80. The van der Waals surface area contributed by atoms with E-state index in [4.69, 9.17) is 18.9 Å². The van der Waals surface area contributed by atoms with Crippen molar-refractivity contribution in [3.05, 3.63) is 59.2 Å². The van der Waals surface area contributed by atoms with Crippen molar-refractivity contribution in [2.75, 3.05) is 53.2 Å². The number of carbonyl (C=O) groups excluding carboxylic acids is 2. The zero-order valence-corrected chi connectivity index (χ0v) is 40.6. The van der Waals surface area contributed by atoms with Crippen molar-refractivity contribution in [1.82, 2.24) is 14.7 Å². The van der Waals surface area contributed by atoms with Crippen LogP contribution in [0.4, 0.5) is 11.4 Å². The lowest BCUT2D eigenvalue weighted by atomic mass is 9.78. The molecule has 2 heterocycles. The Balaban J connectivity index is 1.56. The molecule has 2 aliphatic heterocycles. The monoisotopic (exact) mass is 968 g/mol. The van der Waals surface area contributed by atoms with Gasteiger partial charge in [0, 0.05) is 36.8 Å². The number of halogens is 1. The smallest absolute Gasteiger partial charge is 0.340 e. The van der Waals surface area contributed by atoms with Gasteiger partial charge in [0.25, 0.3) is 0 Å². The predicted octanol–water partition coefficient (Wildman–Crippen LogP) is 5.11. The fourth-order valence-electron chi connectivity index (χ4n) is 8.99. The van der Waals surface area contributed by atoms with Gasteiger partial charge in [0.05, 0.1) is 47.1 Å². The summed E-state index contributed by atoms with van der Waals surface area (Å²) in [6.45, 7) is 17.3. The number of hydrogen-bond donors (Lipinski definition) is 5. The molecule has 61 heavy (non-hydrogen) atoms. The molecule has 344 valence electrons. The van der Waals surface area contributed by atoms with Crippen LogP contribution in [0.25, 0.3) is 0 Å². The van der Waals surface area contributed by atoms with Crippen molar-refractivity contribution >= 4 is 45.9 Å². The Kier molecular flexibility index (Phi) is 18.0. The summed E-state index contributed by atoms with van der Waals surface area (Å²) < 4.78 is 23.9. The molecule has 2 saturated heterocycles. The van der Waals surface area contributed by atoms with Crippen LogP contribution >= 0.6 is 22.6 Å². The molecule has 0 bridgehead atoms. The lowest BCUT2D eigenvalue weighted by molar-refractivity contribution is -0.287. The first-order chi connectivity index (χ1) is 28.4. The number of carbonyl (C=O) groups is 2. The molecule has 5 N–H and O–H groups in total. The van der Waals surface area contributed by atoms with E-state index in [1.807, 2.05) is 102 Å². The van der Waals surface area contributed by atoms with Crippen LogP contribution in [0, 0.1) is 31.6 Å². The lowest BCUT2D eigenvalue weighted by Crippen LogP contribution is -2.63. The lowest BCUT2D eigenvalue weighted by Gasteiger charge is -2.50. The molecule has 0 radical (unpaired) electrons. The molecule has 14 nitrogen and oxygen atoms in total. The number of hydrogen-bond acceptors (Lipinski definition) is 14. The van der Waals surface area contributed by atoms with E-state index in [0.717, 1.165) is 16.8 Å². The first kappa shape index (κ1) is 51.2. The average Bonchev–Trinajstić information content (AvgIpc) is 3.19. The van der Waals surface area contributed by atoms with Crippen molar-refractivity contribution in [2.24, 2.45) is 17.8 Å². The number of cyclic esters (lactones) is 1. The largest absolute Gasteiger partial charge is 0.461 e. The van der Waals surface area contributed by atoms with E-state index in [0.29, 0.717) is 30.8 Å². The summed E-state index contributed by atoms with van der Waals surface area (Å²) >= 11 is 1.81. The van der Waals surface area contributed by atoms with Crippen molar-refractivity contribution in [3.63, 3.8) is 0 Å². The van der Waals surface area contributed by atoms with E-state index < -0.39 is 69.7 Å². The van der Waals surface area contributed by atoms with Crippen LogP contribution in [0.5, 0.6) is 0 Å². The Hall–Kier alpha value is -2.45. The number of likely N-dealkylation sites (N-methyl/N-ethyl adjacent to an activating group) is 3. The molecule has 0 saturated carbocycles. The summed E-state index contributed by atoms with van der Waals surface area (Å²) in [7, 11) is 7.70. The number of anilines is 2. The van der Waals surface area contributed by atoms with Gasteiger partial charge < -0.3 is 54.5 Å². The summed E-state index contributed by atoms with van der Waals surface area (Å²) in [5, 5.41) is 50.3. The molecule has 2 aromatic carbocycles. The van der Waals surface area contributed by atoms with Gasteiger partial charge in [-0.1, -0.05) is 38.1 Å². The van der Waals surface area contributed by atoms with Gasteiger partial charge >= 0.3 is 11.9 Å². The van der Waals surface area contributed by atoms with Gasteiger partial charge in [-0.3, -0.25) is 9.69 Å². The minimum absolute atomic E-state index is 0.127. The number of aryl methyl sites for hydroxylation is 1. The standard InChI is InChI=1S/C46H73IN4O10/c1-26-24-45(8,56)40(30(5)38(52)31(6)41(54)61-44(47)46(9,57)39(53)32(7)51(13)25-26)60-43-37(49(10)11)36(23-28(3)59-43)50(12)21-22-58-42(55)33-18-14-15-19-35(33)48-34-20-16-17-27(2)29(34)4/h14-20,26,28,30-32,36-40,43-44,48,52-53,56-57H,21-25H2,1-13H3/t26-,28-,30+,31-,32-,36-,37+,38+,39-,40-,43+,44+,45-,46+/m1/s1. The number of rotatable bonds is 10. The molecule has 14 atom stereocenters. The second-order valence-electron chi connectivity index (χ2n) is 18.6. The Morgan fingerprint density at radius 3 is 2.30 bits per heavy atom. The summed E-state index contributed by atoms with van der Waals surface area (Å²) in [6.07, 6.45) is -3.84. The molecular weight excluding hydrogens is 895 g/mol. The first-order valence-corrected chi connectivity index (χ1v) is 22.8. The Bertz CT molecular complexity index is 1760. The zero-order chi connectivity index (χ0) is 45.7. The fourth-order valence-corrected chi connectivity index (χ4v) is 9.60. The van der Waals surface area contributed by atoms with Gasteiger partial charge in [0.1, 0.15) is 18.3 Å². The number of para-hydroxylation sites is 1. The van der Waals surface area contributed by atoms with E-state index in [2.05, 4.69) is 10.2 Å². The molecular formula is C46H73IN4O10. The third kappa shape index (κ3) is 12.4. The minimum Gasteiger partial charge on any atom is -0.461 e. The maximum atomic E-state index is 13.5. The molecule has 2 aliphatic rings. The maximum absolute atomic E-state index is 13.5. The number of alkyl halides is 1. The van der Waals surface area contributed by atoms with Crippen LogP contribution in [0.1, 0.15) is 82.8 Å². The zero-order valence-electron chi connectivity index (χ0n) is 38.5. The highest BCUT2D eigenvalue weighted by atomic mass is 127. The topological polar surface area (TPSA) is 174 Å². The van der Waals surface area contributed by atoms with Gasteiger partial charge in [-0.05, 0) is 147 Å². The molecule has 0 aromatic heterocycles. The maximum Gasteiger partial charge on any atom is 0.340 e. The third-order valence-corrected chi connectivity index (χ3v) is 14.6. The number of aliphatic hydroxyl groups excluding tert-OH is 2. The van der Waals surface area contributed by atoms with Crippen molar-refractivity contribution < 1.29 is 49.0 Å². The van der Waals surface area contributed by atoms with Crippen LogP contribution in [-0.2, 0) is 23.7 Å². The van der Waals surface area contributed by atoms with Crippen LogP contribution in [0.2, 0.25) is 0 Å². The highest BCUT2D eigenvalue weighted by Crippen LogP contribution is 2.38. The highest BCUT2D eigenvalue weighted by Gasteiger charge is 2.50. The number of benzene rings is 2. The van der Waals surface area contributed by atoms with Gasteiger partial charge in [0.15, 0.2) is 10.4 Å². The third-order valence-electron chi connectivity index (χ3n) is 13.1. The molecule has 4 rings (SSSR count).